The lowest BCUT2D eigenvalue weighted by molar-refractivity contribution is 0.123. The third-order valence-electron chi connectivity index (χ3n) is 3.40. The van der Waals surface area contributed by atoms with Crippen molar-refractivity contribution in [2.75, 3.05) is 13.1 Å². The van der Waals surface area contributed by atoms with Gasteiger partial charge in [0, 0.05) is 13.1 Å². The normalized spacial score (nSPS) is 18.2. The number of carboxylic acid groups (broad SMARTS) is 1. The zero-order chi connectivity index (χ0) is 15.8. The molecule has 2 rings (SSSR count). The van der Waals surface area contributed by atoms with Crippen molar-refractivity contribution in [2.45, 2.75) is 25.5 Å². The molecule has 1 heterocycles. The average molecular weight is 304 g/mol. The van der Waals surface area contributed by atoms with Crippen LogP contribution < -0.4 is 5.32 Å². The molecule has 0 aliphatic carbocycles. The molecule has 6 nitrogen and oxygen atoms in total. The van der Waals surface area contributed by atoms with Gasteiger partial charge in [0.2, 0.25) is 0 Å². The maximum absolute atomic E-state index is 11.8. The predicted octanol–water partition coefficient (Wildman–Crippen LogP) is 2.61. The molecule has 0 spiro atoms. The molecule has 1 aromatic carbocycles. The molecule has 1 aliphatic heterocycles. The lowest BCUT2D eigenvalue weighted by Crippen LogP contribution is -2.46. The zero-order valence-corrected chi connectivity index (χ0v) is 12.3. The van der Waals surface area contributed by atoms with Gasteiger partial charge < -0.3 is 20.1 Å². The molecule has 2 amide bonds. The minimum Gasteiger partial charge on any atom is -0.465 e. The molecule has 6 heteroatoms. The van der Waals surface area contributed by atoms with E-state index in [0.29, 0.717) is 19.4 Å². The highest BCUT2D eigenvalue weighted by Crippen LogP contribution is 2.07. The van der Waals surface area contributed by atoms with E-state index in [1.54, 1.807) is 0 Å². The second-order valence-corrected chi connectivity index (χ2v) is 5.13. The molecule has 0 unspecified atom stereocenters. The quantitative estimate of drug-likeness (QED) is 0.841. The lowest BCUT2D eigenvalue weighted by Gasteiger charge is -2.26. The number of rotatable bonds is 3. The summed E-state index contributed by atoms with van der Waals surface area (Å²) in [7, 11) is 0. The third kappa shape index (κ3) is 5.12. The van der Waals surface area contributed by atoms with Crippen LogP contribution in [0.1, 0.15) is 18.4 Å². The number of carbonyl (C=O) groups excluding carboxylic acids is 1. The Morgan fingerprint density at radius 1 is 1.27 bits per heavy atom. The summed E-state index contributed by atoms with van der Waals surface area (Å²) in [6, 6.07) is 9.11. The molecular weight excluding hydrogens is 284 g/mol. The molecule has 0 saturated carbocycles. The van der Waals surface area contributed by atoms with Gasteiger partial charge in [0.05, 0.1) is 6.04 Å². The van der Waals surface area contributed by atoms with E-state index in [4.69, 9.17) is 9.84 Å². The highest BCUT2D eigenvalue weighted by atomic mass is 16.5. The summed E-state index contributed by atoms with van der Waals surface area (Å²) in [5.74, 6) is 0. The van der Waals surface area contributed by atoms with Crippen molar-refractivity contribution in [2.24, 2.45) is 0 Å². The first-order valence-electron chi connectivity index (χ1n) is 7.25. The van der Waals surface area contributed by atoms with Crippen LogP contribution in [0.15, 0.2) is 42.5 Å². The summed E-state index contributed by atoms with van der Waals surface area (Å²) in [5, 5.41) is 11.8. The van der Waals surface area contributed by atoms with Crippen molar-refractivity contribution < 1.29 is 19.4 Å². The second kappa shape index (κ2) is 8.07. The van der Waals surface area contributed by atoms with Crippen molar-refractivity contribution >= 4 is 12.2 Å². The number of ether oxygens (including phenoxy) is 1. The predicted molar refractivity (Wildman–Crippen MR) is 81.5 cm³/mol. The maximum Gasteiger partial charge on any atom is 0.407 e. The van der Waals surface area contributed by atoms with Crippen molar-refractivity contribution in [3.63, 3.8) is 0 Å². The van der Waals surface area contributed by atoms with Crippen LogP contribution in [-0.2, 0) is 11.3 Å². The standard InChI is InChI=1S/C16H20N2O4/c19-15(22-12-13-7-3-1-4-8-13)17-14-9-5-2-6-10-18(11-14)16(20)21/h1-5,7-8,14H,6,9-12H2,(H,17,19)(H,20,21)/t14-/m1/s1. The fourth-order valence-electron chi connectivity index (χ4n) is 2.25. The molecular formula is C16H20N2O4. The van der Waals surface area contributed by atoms with Crippen LogP contribution in [0.3, 0.4) is 0 Å². The topological polar surface area (TPSA) is 78.9 Å². The van der Waals surface area contributed by atoms with E-state index in [1.165, 1.54) is 4.90 Å². The Bertz CT molecular complexity index is 530. The molecule has 22 heavy (non-hydrogen) atoms. The minimum absolute atomic E-state index is 0.192. The fraction of sp³-hybridized carbons (Fsp3) is 0.375. The van der Waals surface area contributed by atoms with Gasteiger partial charge in [0.1, 0.15) is 6.61 Å². The van der Waals surface area contributed by atoms with Gasteiger partial charge in [-0.05, 0) is 18.4 Å². The van der Waals surface area contributed by atoms with Crippen molar-refractivity contribution in [1.82, 2.24) is 10.2 Å². The molecule has 1 aromatic rings. The summed E-state index contributed by atoms with van der Waals surface area (Å²) >= 11 is 0. The first-order valence-corrected chi connectivity index (χ1v) is 7.25. The molecule has 0 aromatic heterocycles. The van der Waals surface area contributed by atoms with Crippen LogP contribution in [0, 0.1) is 0 Å². The summed E-state index contributed by atoms with van der Waals surface area (Å²) in [4.78, 5) is 24.3. The molecule has 0 fully saturated rings. The smallest absolute Gasteiger partial charge is 0.407 e. The van der Waals surface area contributed by atoms with E-state index in [1.807, 2.05) is 42.5 Å². The largest absolute Gasteiger partial charge is 0.465 e. The van der Waals surface area contributed by atoms with Crippen LogP contribution in [-0.4, -0.2) is 41.3 Å². The number of alkyl carbamates (subject to hydrolysis) is 1. The van der Waals surface area contributed by atoms with Gasteiger partial charge in [-0.3, -0.25) is 0 Å². The van der Waals surface area contributed by atoms with Gasteiger partial charge in [0.15, 0.2) is 0 Å². The Morgan fingerprint density at radius 3 is 2.77 bits per heavy atom. The second-order valence-electron chi connectivity index (χ2n) is 5.13. The average Bonchev–Trinajstić information content (AvgIpc) is 2.48. The van der Waals surface area contributed by atoms with Gasteiger partial charge in [-0.25, -0.2) is 9.59 Å². The molecule has 1 aliphatic rings. The number of carbonyl (C=O) groups is 2. The zero-order valence-electron chi connectivity index (χ0n) is 12.3. The summed E-state index contributed by atoms with van der Waals surface area (Å²) in [6.07, 6.45) is 3.66. The Balaban J connectivity index is 1.84. The SMILES string of the molecule is O=C(N[C@@H]1CC=CCCN(C(=O)O)C1)OCc1ccccc1. The molecule has 2 N–H and O–H groups in total. The highest BCUT2D eigenvalue weighted by Gasteiger charge is 2.20. The first-order chi connectivity index (χ1) is 10.6. The van der Waals surface area contributed by atoms with Crippen molar-refractivity contribution in [3.8, 4) is 0 Å². The van der Waals surface area contributed by atoms with Gasteiger partial charge in [-0.15, -0.1) is 0 Å². The van der Waals surface area contributed by atoms with E-state index in [2.05, 4.69) is 5.32 Å². The third-order valence-corrected chi connectivity index (χ3v) is 3.40. The summed E-state index contributed by atoms with van der Waals surface area (Å²) < 4.78 is 5.16. The van der Waals surface area contributed by atoms with Gasteiger partial charge in [-0.1, -0.05) is 42.5 Å². The molecule has 0 bridgehead atoms. The first kappa shape index (κ1) is 15.9. The van der Waals surface area contributed by atoms with E-state index in [-0.39, 0.29) is 19.2 Å². The molecule has 0 saturated heterocycles. The Kier molecular flexibility index (Phi) is 5.82. The highest BCUT2D eigenvalue weighted by molar-refractivity contribution is 5.68. The van der Waals surface area contributed by atoms with E-state index < -0.39 is 12.2 Å². The van der Waals surface area contributed by atoms with E-state index >= 15 is 0 Å². The number of hydrogen-bond donors (Lipinski definition) is 2. The molecule has 118 valence electrons. The molecule has 0 radical (unpaired) electrons. The fourth-order valence-corrected chi connectivity index (χ4v) is 2.25. The number of amides is 2. The summed E-state index contributed by atoms with van der Waals surface area (Å²) in [5.41, 5.74) is 0.905. The number of nitrogens with zero attached hydrogens (tertiary/aromatic N) is 1. The number of hydrogen-bond acceptors (Lipinski definition) is 3. The van der Waals surface area contributed by atoms with Crippen LogP contribution in [0.4, 0.5) is 9.59 Å². The van der Waals surface area contributed by atoms with Crippen molar-refractivity contribution in [3.05, 3.63) is 48.0 Å². The lowest BCUT2D eigenvalue weighted by atomic mass is 10.1. The van der Waals surface area contributed by atoms with E-state index in [9.17, 15) is 9.59 Å². The van der Waals surface area contributed by atoms with Crippen LogP contribution in [0.25, 0.3) is 0 Å². The van der Waals surface area contributed by atoms with Crippen LogP contribution in [0.5, 0.6) is 0 Å². The van der Waals surface area contributed by atoms with Gasteiger partial charge in [-0.2, -0.15) is 0 Å². The Morgan fingerprint density at radius 2 is 2.05 bits per heavy atom. The number of nitrogens with one attached hydrogen (secondary N) is 1. The monoisotopic (exact) mass is 304 g/mol. The van der Waals surface area contributed by atoms with Crippen molar-refractivity contribution in [1.29, 1.82) is 0 Å². The molecule has 1 atom stereocenters. The Labute approximate surface area is 129 Å². The summed E-state index contributed by atoms with van der Waals surface area (Å²) in [6.45, 7) is 0.890. The Hall–Kier alpha value is -2.50. The van der Waals surface area contributed by atoms with E-state index in [0.717, 1.165) is 5.56 Å². The van der Waals surface area contributed by atoms with Gasteiger partial charge >= 0.3 is 12.2 Å². The van der Waals surface area contributed by atoms with Gasteiger partial charge in [0.25, 0.3) is 0 Å². The number of benzene rings is 1. The van der Waals surface area contributed by atoms with Crippen LogP contribution >= 0.6 is 0 Å². The van der Waals surface area contributed by atoms with Crippen LogP contribution in [0.2, 0.25) is 0 Å². The minimum atomic E-state index is -0.972. The maximum atomic E-state index is 11.8.